The number of anilines is 1. The number of nitro groups is 1. The molecule has 0 aromatic heterocycles. The van der Waals surface area contributed by atoms with E-state index >= 15 is 0 Å². The molecule has 11 heteroatoms. The molecule has 0 aliphatic carbocycles. The van der Waals surface area contributed by atoms with Gasteiger partial charge in [-0.2, -0.15) is 0 Å². The van der Waals surface area contributed by atoms with E-state index in [4.69, 9.17) is 21.5 Å². The molecule has 0 fully saturated rings. The van der Waals surface area contributed by atoms with Gasteiger partial charge >= 0.3 is 0 Å². The zero-order valence-electron chi connectivity index (χ0n) is 14.7. The third kappa shape index (κ3) is 3.93. The van der Waals surface area contributed by atoms with Crippen molar-refractivity contribution < 1.29 is 22.9 Å². The predicted molar refractivity (Wildman–Crippen MR) is 102 cm³/mol. The first kappa shape index (κ1) is 20.1. The lowest BCUT2D eigenvalue weighted by molar-refractivity contribution is -0.384. The number of primary sulfonamides is 1. The third-order valence-electron chi connectivity index (χ3n) is 4.34. The molecule has 0 saturated carbocycles. The lowest BCUT2D eigenvalue weighted by Gasteiger charge is -2.23. The summed E-state index contributed by atoms with van der Waals surface area (Å²) in [6.07, 6.45) is 0.475. The normalized spacial score (nSPS) is 16.0. The van der Waals surface area contributed by atoms with Crippen LogP contribution in [0.5, 0.6) is 5.75 Å². The molecule has 2 aromatic rings. The SMILES string of the molecule is CC1Cc2cc(S(N)(=O)=O)ccc2N1C(=O)COc1ccc([N+](=O)[O-])cc1Cl. The van der Waals surface area contributed by atoms with Crippen LogP contribution in [0.25, 0.3) is 0 Å². The molecule has 0 saturated heterocycles. The second-order valence-electron chi connectivity index (χ2n) is 6.31. The summed E-state index contributed by atoms with van der Waals surface area (Å²) in [6.45, 7) is 1.49. The molecule has 0 bridgehead atoms. The van der Waals surface area contributed by atoms with Crippen molar-refractivity contribution in [2.45, 2.75) is 24.3 Å². The van der Waals surface area contributed by atoms with E-state index in [0.29, 0.717) is 17.7 Å². The van der Waals surface area contributed by atoms with Crippen molar-refractivity contribution >= 4 is 38.9 Å². The van der Waals surface area contributed by atoms with Gasteiger partial charge < -0.3 is 9.64 Å². The Bertz CT molecular complexity index is 1070. The van der Waals surface area contributed by atoms with Crippen LogP contribution in [0.3, 0.4) is 0 Å². The molecule has 0 spiro atoms. The number of rotatable bonds is 5. The van der Waals surface area contributed by atoms with E-state index in [2.05, 4.69) is 0 Å². The van der Waals surface area contributed by atoms with Gasteiger partial charge in [0.2, 0.25) is 10.0 Å². The summed E-state index contributed by atoms with van der Waals surface area (Å²) in [5, 5.41) is 15.9. The maximum Gasteiger partial charge on any atom is 0.271 e. The summed E-state index contributed by atoms with van der Waals surface area (Å²) in [5.74, 6) is -0.207. The first-order valence-electron chi connectivity index (χ1n) is 8.12. The molecular formula is C17H16ClN3O6S. The monoisotopic (exact) mass is 425 g/mol. The largest absolute Gasteiger partial charge is 0.482 e. The fourth-order valence-corrected chi connectivity index (χ4v) is 3.89. The molecular weight excluding hydrogens is 410 g/mol. The van der Waals surface area contributed by atoms with Crippen LogP contribution < -0.4 is 14.8 Å². The lowest BCUT2D eigenvalue weighted by atomic mass is 10.1. The Morgan fingerprint density at radius 3 is 2.68 bits per heavy atom. The van der Waals surface area contributed by atoms with Gasteiger partial charge in [0.25, 0.3) is 11.6 Å². The van der Waals surface area contributed by atoms with Crippen molar-refractivity contribution in [1.29, 1.82) is 0 Å². The molecule has 3 rings (SSSR count). The van der Waals surface area contributed by atoms with E-state index in [1.807, 2.05) is 6.92 Å². The Balaban J connectivity index is 1.77. The molecule has 148 valence electrons. The second kappa shape index (κ2) is 7.38. The van der Waals surface area contributed by atoms with E-state index < -0.39 is 14.9 Å². The number of amides is 1. The highest BCUT2D eigenvalue weighted by Gasteiger charge is 2.32. The van der Waals surface area contributed by atoms with Crippen LogP contribution in [0.2, 0.25) is 5.02 Å². The van der Waals surface area contributed by atoms with E-state index in [1.165, 1.54) is 35.2 Å². The van der Waals surface area contributed by atoms with E-state index in [0.717, 1.165) is 6.07 Å². The molecule has 1 aliphatic heterocycles. The highest BCUT2D eigenvalue weighted by molar-refractivity contribution is 7.89. The standard InChI is InChI=1S/C17H16ClN3O6S/c1-10-6-11-7-13(28(19,25)26)3-4-15(11)20(10)17(22)9-27-16-5-2-12(21(23)24)8-14(16)18/h2-5,7-8,10H,6,9H2,1H3,(H2,19,25,26). The average molecular weight is 426 g/mol. The van der Waals surface area contributed by atoms with Gasteiger partial charge in [-0.1, -0.05) is 11.6 Å². The number of sulfonamides is 1. The van der Waals surface area contributed by atoms with Gasteiger partial charge in [-0.05, 0) is 43.2 Å². The molecule has 1 unspecified atom stereocenters. The van der Waals surface area contributed by atoms with Crippen molar-refractivity contribution in [3.8, 4) is 5.75 Å². The van der Waals surface area contributed by atoms with Crippen molar-refractivity contribution in [2.75, 3.05) is 11.5 Å². The Kier molecular flexibility index (Phi) is 5.28. The van der Waals surface area contributed by atoms with Gasteiger partial charge in [0, 0.05) is 23.9 Å². The fraction of sp³-hybridized carbons (Fsp3) is 0.235. The molecule has 1 amide bonds. The number of carbonyl (C=O) groups is 1. The van der Waals surface area contributed by atoms with Crippen molar-refractivity contribution in [2.24, 2.45) is 5.14 Å². The number of hydrogen-bond donors (Lipinski definition) is 1. The fourth-order valence-electron chi connectivity index (χ4n) is 3.09. The molecule has 2 N–H and O–H groups in total. The highest BCUT2D eigenvalue weighted by Crippen LogP contribution is 2.34. The summed E-state index contributed by atoms with van der Waals surface area (Å²) >= 11 is 5.96. The predicted octanol–water partition coefficient (Wildman–Crippen LogP) is 2.25. The van der Waals surface area contributed by atoms with Crippen LogP contribution in [-0.2, 0) is 21.2 Å². The van der Waals surface area contributed by atoms with Crippen LogP contribution >= 0.6 is 11.6 Å². The minimum absolute atomic E-state index is 0.0124. The van der Waals surface area contributed by atoms with Crippen LogP contribution in [0, 0.1) is 10.1 Å². The van der Waals surface area contributed by atoms with Crippen molar-refractivity contribution in [1.82, 2.24) is 0 Å². The lowest BCUT2D eigenvalue weighted by Crippen LogP contribution is -2.39. The molecule has 1 aliphatic rings. The number of nitrogens with two attached hydrogens (primary N) is 1. The van der Waals surface area contributed by atoms with E-state index in [9.17, 15) is 23.3 Å². The molecule has 0 radical (unpaired) electrons. The second-order valence-corrected chi connectivity index (χ2v) is 8.28. The maximum absolute atomic E-state index is 12.7. The van der Waals surface area contributed by atoms with E-state index in [1.54, 1.807) is 0 Å². The Labute approximate surface area is 165 Å². The van der Waals surface area contributed by atoms with Gasteiger partial charge in [0.1, 0.15) is 5.75 Å². The topological polar surface area (TPSA) is 133 Å². The minimum atomic E-state index is -3.83. The molecule has 1 heterocycles. The summed E-state index contributed by atoms with van der Waals surface area (Å²) in [6, 6.07) is 7.85. The summed E-state index contributed by atoms with van der Waals surface area (Å²) < 4.78 is 28.4. The van der Waals surface area contributed by atoms with Gasteiger partial charge in [0.05, 0.1) is 14.8 Å². The van der Waals surface area contributed by atoms with E-state index in [-0.39, 0.29) is 39.9 Å². The minimum Gasteiger partial charge on any atom is -0.482 e. The molecule has 28 heavy (non-hydrogen) atoms. The van der Waals surface area contributed by atoms with Gasteiger partial charge in [-0.25, -0.2) is 13.6 Å². The van der Waals surface area contributed by atoms with Crippen molar-refractivity contribution in [3.63, 3.8) is 0 Å². The van der Waals surface area contributed by atoms with Gasteiger partial charge in [-0.3, -0.25) is 14.9 Å². The number of nitrogens with zero attached hydrogens (tertiary/aromatic N) is 2. The van der Waals surface area contributed by atoms with Gasteiger partial charge in [0.15, 0.2) is 6.61 Å². The van der Waals surface area contributed by atoms with Crippen LogP contribution in [0.15, 0.2) is 41.3 Å². The number of carbonyl (C=O) groups excluding carboxylic acids is 1. The summed E-state index contributed by atoms with van der Waals surface area (Å²) in [4.78, 5) is 24.3. The number of benzene rings is 2. The number of ether oxygens (including phenoxy) is 1. The Hall–Kier alpha value is -2.69. The number of fused-ring (bicyclic) bond motifs is 1. The number of halogens is 1. The molecule has 9 nitrogen and oxygen atoms in total. The number of non-ortho nitro benzene ring substituents is 1. The van der Waals surface area contributed by atoms with Crippen LogP contribution in [-0.4, -0.2) is 31.9 Å². The number of hydrogen-bond acceptors (Lipinski definition) is 6. The zero-order chi connectivity index (χ0) is 20.6. The average Bonchev–Trinajstić information content (AvgIpc) is 2.94. The highest BCUT2D eigenvalue weighted by atomic mass is 35.5. The first-order valence-corrected chi connectivity index (χ1v) is 10.0. The maximum atomic E-state index is 12.7. The van der Waals surface area contributed by atoms with Crippen molar-refractivity contribution in [3.05, 3.63) is 57.1 Å². The Morgan fingerprint density at radius 1 is 1.36 bits per heavy atom. The molecule has 1 atom stereocenters. The Morgan fingerprint density at radius 2 is 2.07 bits per heavy atom. The summed E-state index contributed by atoms with van der Waals surface area (Å²) in [7, 11) is -3.83. The quantitative estimate of drug-likeness (QED) is 0.577. The number of nitro benzene ring substituents is 1. The summed E-state index contributed by atoms with van der Waals surface area (Å²) in [5.41, 5.74) is 1.10. The zero-order valence-corrected chi connectivity index (χ0v) is 16.2. The molecule has 2 aromatic carbocycles. The smallest absolute Gasteiger partial charge is 0.271 e. The van der Waals surface area contributed by atoms with Crippen LogP contribution in [0.4, 0.5) is 11.4 Å². The first-order chi connectivity index (χ1) is 13.1. The third-order valence-corrected chi connectivity index (χ3v) is 5.55. The van der Waals surface area contributed by atoms with Crippen LogP contribution in [0.1, 0.15) is 12.5 Å². The van der Waals surface area contributed by atoms with Gasteiger partial charge in [-0.15, -0.1) is 0 Å².